The van der Waals surface area contributed by atoms with E-state index in [-0.39, 0.29) is 6.04 Å². The molecular weight excluding hydrogens is 312 g/mol. The molecule has 1 aromatic carbocycles. The molecule has 0 saturated carbocycles. The molecule has 2 heterocycles. The van der Waals surface area contributed by atoms with Crippen LogP contribution in [0.5, 0.6) is 0 Å². The van der Waals surface area contributed by atoms with Crippen molar-refractivity contribution in [2.45, 2.75) is 51.6 Å². The summed E-state index contributed by atoms with van der Waals surface area (Å²) < 4.78 is 0. The third-order valence-corrected chi connectivity index (χ3v) is 5.05. The monoisotopic (exact) mass is 338 g/mol. The summed E-state index contributed by atoms with van der Waals surface area (Å²) in [5, 5.41) is 9.73. The van der Waals surface area contributed by atoms with E-state index < -0.39 is 12.0 Å². The second-order valence-electron chi connectivity index (χ2n) is 6.85. The minimum atomic E-state index is -0.734. The first kappa shape index (κ1) is 17.6. The fraction of sp³-hybridized carbons (Fsp3) is 0.429. The number of carboxylic acids is 1. The summed E-state index contributed by atoms with van der Waals surface area (Å²) in [5.74, 6) is -0.734. The Bertz CT molecular complexity index is 727. The average Bonchev–Trinajstić information content (AvgIpc) is 2.63. The van der Waals surface area contributed by atoms with Crippen molar-refractivity contribution in [1.82, 2.24) is 9.88 Å². The normalized spacial score (nSPS) is 19.5. The Morgan fingerprint density at radius 2 is 2.16 bits per heavy atom. The number of aryl methyl sites for hydroxylation is 2. The van der Waals surface area contributed by atoms with Crippen LogP contribution in [0.2, 0.25) is 0 Å². The summed E-state index contributed by atoms with van der Waals surface area (Å²) in [4.78, 5) is 18.6. The molecule has 1 aliphatic heterocycles. The van der Waals surface area contributed by atoms with E-state index >= 15 is 0 Å². The predicted molar refractivity (Wildman–Crippen MR) is 98.6 cm³/mol. The van der Waals surface area contributed by atoms with Crippen molar-refractivity contribution in [3.8, 4) is 0 Å². The summed E-state index contributed by atoms with van der Waals surface area (Å²) in [6.45, 7) is 4.96. The zero-order chi connectivity index (χ0) is 17.8. The first-order chi connectivity index (χ1) is 12.1. The highest BCUT2D eigenvalue weighted by molar-refractivity contribution is 5.73. The number of likely N-dealkylation sites (tertiary alicyclic amines) is 1. The van der Waals surface area contributed by atoms with Gasteiger partial charge in [-0.15, -0.1) is 0 Å². The van der Waals surface area contributed by atoms with Crippen LogP contribution in [0.3, 0.4) is 0 Å². The maximum absolute atomic E-state index is 11.8. The molecule has 1 fully saturated rings. The molecule has 1 aliphatic rings. The second kappa shape index (κ2) is 7.79. The fourth-order valence-corrected chi connectivity index (χ4v) is 3.71. The van der Waals surface area contributed by atoms with Gasteiger partial charge < -0.3 is 5.11 Å². The number of carboxylic acid groups (broad SMARTS) is 1. The lowest BCUT2D eigenvalue weighted by atomic mass is 9.93. The lowest BCUT2D eigenvalue weighted by Crippen LogP contribution is -2.47. The quantitative estimate of drug-likeness (QED) is 0.896. The molecule has 0 aliphatic carbocycles. The lowest BCUT2D eigenvalue weighted by molar-refractivity contribution is -0.145. The van der Waals surface area contributed by atoms with Crippen molar-refractivity contribution >= 4 is 5.97 Å². The molecule has 2 unspecified atom stereocenters. The number of hydrogen-bond acceptors (Lipinski definition) is 3. The van der Waals surface area contributed by atoms with Gasteiger partial charge in [0.1, 0.15) is 6.04 Å². The van der Waals surface area contributed by atoms with Gasteiger partial charge in [-0.1, -0.05) is 49.2 Å². The van der Waals surface area contributed by atoms with E-state index in [1.807, 2.05) is 12.3 Å². The van der Waals surface area contributed by atoms with Gasteiger partial charge in [0.15, 0.2) is 0 Å². The molecule has 0 bridgehead atoms. The molecule has 3 rings (SSSR count). The highest BCUT2D eigenvalue weighted by Gasteiger charge is 2.35. The van der Waals surface area contributed by atoms with Gasteiger partial charge in [-0.2, -0.15) is 0 Å². The zero-order valence-corrected chi connectivity index (χ0v) is 15.0. The zero-order valence-electron chi connectivity index (χ0n) is 15.0. The van der Waals surface area contributed by atoms with Crippen LogP contribution in [0.15, 0.2) is 42.6 Å². The number of aromatic nitrogens is 1. The number of rotatable bonds is 5. The Labute approximate surface area is 149 Å². The van der Waals surface area contributed by atoms with Crippen LogP contribution < -0.4 is 0 Å². The second-order valence-corrected chi connectivity index (χ2v) is 6.85. The smallest absolute Gasteiger partial charge is 0.320 e. The SMILES string of the molecule is CCc1ccc(C(c2cccc(C)c2)N2CCCCC2C(=O)O)nc1. The first-order valence-corrected chi connectivity index (χ1v) is 9.10. The van der Waals surface area contributed by atoms with Crippen LogP contribution in [0, 0.1) is 6.92 Å². The molecule has 25 heavy (non-hydrogen) atoms. The van der Waals surface area contributed by atoms with E-state index in [0.717, 1.165) is 37.1 Å². The molecule has 132 valence electrons. The first-order valence-electron chi connectivity index (χ1n) is 9.10. The third kappa shape index (κ3) is 3.90. The fourth-order valence-electron chi connectivity index (χ4n) is 3.71. The van der Waals surface area contributed by atoms with Crippen molar-refractivity contribution in [2.24, 2.45) is 0 Å². The molecule has 4 heteroatoms. The Kier molecular flexibility index (Phi) is 5.49. The van der Waals surface area contributed by atoms with Crippen molar-refractivity contribution in [3.63, 3.8) is 0 Å². The molecule has 0 radical (unpaired) electrons. The predicted octanol–water partition coefficient (Wildman–Crippen LogP) is 3.98. The minimum Gasteiger partial charge on any atom is -0.480 e. The topological polar surface area (TPSA) is 53.4 Å². The van der Waals surface area contributed by atoms with Gasteiger partial charge in [0.25, 0.3) is 0 Å². The van der Waals surface area contributed by atoms with Crippen molar-refractivity contribution in [3.05, 3.63) is 65.0 Å². The van der Waals surface area contributed by atoms with Gasteiger partial charge in [0.2, 0.25) is 0 Å². The molecule has 1 aromatic heterocycles. The van der Waals surface area contributed by atoms with Crippen molar-refractivity contribution in [2.75, 3.05) is 6.54 Å². The van der Waals surface area contributed by atoms with Gasteiger partial charge >= 0.3 is 5.97 Å². The van der Waals surface area contributed by atoms with E-state index in [0.29, 0.717) is 6.42 Å². The molecule has 0 spiro atoms. The third-order valence-electron chi connectivity index (χ3n) is 5.05. The summed E-state index contributed by atoms with van der Waals surface area (Å²) in [6, 6.07) is 11.9. The molecule has 2 atom stereocenters. The van der Waals surface area contributed by atoms with Crippen LogP contribution in [0.25, 0.3) is 0 Å². The summed E-state index contributed by atoms with van der Waals surface area (Å²) in [7, 11) is 0. The summed E-state index contributed by atoms with van der Waals surface area (Å²) in [6.07, 6.45) is 5.56. The number of piperidine rings is 1. The van der Waals surface area contributed by atoms with Gasteiger partial charge in [-0.25, -0.2) is 0 Å². The average molecular weight is 338 g/mol. The van der Waals surface area contributed by atoms with Crippen LogP contribution >= 0.6 is 0 Å². The highest BCUT2D eigenvalue weighted by atomic mass is 16.4. The maximum atomic E-state index is 11.8. The van der Waals surface area contributed by atoms with E-state index in [2.05, 4.69) is 49.1 Å². The van der Waals surface area contributed by atoms with E-state index in [4.69, 9.17) is 4.98 Å². The largest absolute Gasteiger partial charge is 0.480 e. The molecule has 2 aromatic rings. The standard InChI is InChI=1S/C21H26N2O2/c1-3-16-10-11-18(22-14-16)20(17-8-6-7-15(2)13-17)23-12-5-4-9-19(23)21(24)25/h6-8,10-11,13-14,19-20H,3-5,9,12H2,1-2H3,(H,24,25). The number of pyridine rings is 1. The minimum absolute atomic E-state index is 0.118. The number of carbonyl (C=O) groups is 1. The molecule has 1 saturated heterocycles. The van der Waals surface area contributed by atoms with Crippen molar-refractivity contribution in [1.29, 1.82) is 0 Å². The molecule has 0 amide bonds. The van der Waals surface area contributed by atoms with Crippen molar-refractivity contribution < 1.29 is 9.90 Å². The van der Waals surface area contributed by atoms with E-state index in [9.17, 15) is 9.90 Å². The lowest BCUT2D eigenvalue weighted by Gasteiger charge is -2.39. The van der Waals surface area contributed by atoms with Crippen LogP contribution in [-0.4, -0.2) is 33.5 Å². The number of aliphatic carboxylic acids is 1. The molecule has 4 nitrogen and oxygen atoms in total. The van der Waals surface area contributed by atoms with E-state index in [1.54, 1.807) is 0 Å². The number of nitrogens with zero attached hydrogens (tertiary/aromatic N) is 2. The van der Waals surface area contributed by atoms with Crippen LogP contribution in [0.4, 0.5) is 0 Å². The Hall–Kier alpha value is -2.20. The maximum Gasteiger partial charge on any atom is 0.320 e. The van der Waals surface area contributed by atoms with Gasteiger partial charge in [0, 0.05) is 6.20 Å². The Morgan fingerprint density at radius 1 is 1.32 bits per heavy atom. The van der Waals surface area contributed by atoms with Crippen LogP contribution in [0.1, 0.15) is 54.6 Å². The van der Waals surface area contributed by atoms with Gasteiger partial charge in [-0.05, 0) is 49.9 Å². The van der Waals surface area contributed by atoms with E-state index in [1.165, 1.54) is 11.1 Å². The Balaban J connectivity index is 2.05. The van der Waals surface area contributed by atoms with Crippen LogP contribution in [-0.2, 0) is 11.2 Å². The van der Waals surface area contributed by atoms with Gasteiger partial charge in [-0.3, -0.25) is 14.7 Å². The number of benzene rings is 1. The molecular formula is C21H26N2O2. The Morgan fingerprint density at radius 3 is 2.80 bits per heavy atom. The van der Waals surface area contributed by atoms with Gasteiger partial charge in [0.05, 0.1) is 11.7 Å². The molecule has 1 N–H and O–H groups in total. The summed E-state index contributed by atoms with van der Waals surface area (Å²) >= 11 is 0. The summed E-state index contributed by atoms with van der Waals surface area (Å²) in [5.41, 5.74) is 4.41. The highest BCUT2D eigenvalue weighted by Crippen LogP contribution is 2.33. The number of hydrogen-bond donors (Lipinski definition) is 1.